The summed E-state index contributed by atoms with van der Waals surface area (Å²) < 4.78 is 38.3. The van der Waals surface area contributed by atoms with Crippen LogP contribution in [0.2, 0.25) is 0 Å². The van der Waals surface area contributed by atoms with Crippen molar-refractivity contribution in [2.45, 2.75) is 38.3 Å². The molecule has 1 saturated carbocycles. The lowest BCUT2D eigenvalue weighted by Crippen LogP contribution is -2.50. The zero-order valence-corrected chi connectivity index (χ0v) is 15.8. The summed E-state index contributed by atoms with van der Waals surface area (Å²) in [5, 5.41) is 0. The van der Waals surface area contributed by atoms with E-state index in [0.717, 1.165) is 25.0 Å². The lowest BCUT2D eigenvalue weighted by atomic mass is 10.0. The Morgan fingerprint density at radius 3 is 2.32 bits per heavy atom. The van der Waals surface area contributed by atoms with Gasteiger partial charge >= 0.3 is 6.18 Å². The summed E-state index contributed by atoms with van der Waals surface area (Å²) in [7, 11) is 0. The number of alkyl halides is 3. The number of halogens is 3. The molecule has 1 aromatic rings. The molecule has 1 aliphatic heterocycles. The zero-order chi connectivity index (χ0) is 20.1. The van der Waals surface area contributed by atoms with E-state index in [-0.39, 0.29) is 11.8 Å². The third-order valence-electron chi connectivity index (χ3n) is 5.51. The van der Waals surface area contributed by atoms with Gasteiger partial charge in [-0.05, 0) is 42.5 Å². The predicted molar refractivity (Wildman–Crippen MR) is 100 cm³/mol. The number of hydrogen-bond donors (Lipinski definition) is 0. The van der Waals surface area contributed by atoms with Crippen LogP contribution in [0.3, 0.4) is 0 Å². The summed E-state index contributed by atoms with van der Waals surface area (Å²) in [6.45, 7) is 1.91. The van der Waals surface area contributed by atoms with E-state index in [1.807, 2.05) is 4.90 Å². The van der Waals surface area contributed by atoms with Crippen LogP contribution in [0.4, 0.5) is 13.2 Å². The summed E-state index contributed by atoms with van der Waals surface area (Å²) in [6.07, 6.45) is 3.56. The van der Waals surface area contributed by atoms with Crippen molar-refractivity contribution in [2.24, 2.45) is 5.92 Å². The van der Waals surface area contributed by atoms with Gasteiger partial charge in [0.2, 0.25) is 11.8 Å². The number of benzene rings is 1. The van der Waals surface area contributed by atoms with Crippen molar-refractivity contribution in [1.82, 2.24) is 9.80 Å². The molecule has 0 N–H and O–H groups in total. The Balaban J connectivity index is 1.50. The highest BCUT2D eigenvalue weighted by molar-refractivity contribution is 5.92. The lowest BCUT2D eigenvalue weighted by molar-refractivity contribution is -0.138. The Labute approximate surface area is 163 Å². The molecule has 0 spiro atoms. The van der Waals surface area contributed by atoms with Crippen molar-refractivity contribution < 1.29 is 22.8 Å². The van der Waals surface area contributed by atoms with Gasteiger partial charge in [0.15, 0.2) is 0 Å². The third-order valence-corrected chi connectivity index (χ3v) is 5.51. The van der Waals surface area contributed by atoms with Gasteiger partial charge in [0.05, 0.1) is 5.56 Å². The van der Waals surface area contributed by atoms with E-state index < -0.39 is 11.7 Å². The van der Waals surface area contributed by atoms with Crippen molar-refractivity contribution in [3.63, 3.8) is 0 Å². The van der Waals surface area contributed by atoms with Crippen LogP contribution < -0.4 is 0 Å². The zero-order valence-electron chi connectivity index (χ0n) is 15.8. The molecule has 2 fully saturated rings. The highest BCUT2D eigenvalue weighted by Gasteiger charge is 2.30. The fourth-order valence-corrected chi connectivity index (χ4v) is 3.86. The van der Waals surface area contributed by atoms with Crippen molar-refractivity contribution >= 4 is 17.9 Å². The molecule has 1 saturated heterocycles. The largest absolute Gasteiger partial charge is 0.416 e. The second-order valence-electron chi connectivity index (χ2n) is 7.52. The SMILES string of the molecule is O=C(/C=C/c1cccc(C(F)(F)F)c1)N1CCN(C(=O)CC2CCCC2)CC1. The van der Waals surface area contributed by atoms with Gasteiger partial charge in [0, 0.05) is 38.7 Å². The van der Waals surface area contributed by atoms with Crippen LogP contribution in [0.15, 0.2) is 30.3 Å². The highest BCUT2D eigenvalue weighted by atomic mass is 19.4. The molecule has 2 amide bonds. The first-order valence-electron chi connectivity index (χ1n) is 9.75. The second-order valence-corrected chi connectivity index (χ2v) is 7.52. The molecular weight excluding hydrogens is 369 g/mol. The molecule has 3 rings (SSSR count). The molecule has 1 heterocycles. The van der Waals surface area contributed by atoms with E-state index in [9.17, 15) is 22.8 Å². The summed E-state index contributed by atoms with van der Waals surface area (Å²) in [5.41, 5.74) is -0.412. The van der Waals surface area contributed by atoms with Gasteiger partial charge in [-0.1, -0.05) is 25.0 Å². The number of amides is 2. The van der Waals surface area contributed by atoms with Crippen LogP contribution in [0, 0.1) is 5.92 Å². The molecule has 0 unspecified atom stereocenters. The summed E-state index contributed by atoms with van der Waals surface area (Å²) in [4.78, 5) is 28.1. The van der Waals surface area contributed by atoms with E-state index in [1.54, 1.807) is 4.90 Å². The Hall–Kier alpha value is -2.31. The Morgan fingerprint density at radius 2 is 1.68 bits per heavy atom. The molecule has 0 bridgehead atoms. The van der Waals surface area contributed by atoms with Crippen molar-refractivity contribution in [3.05, 3.63) is 41.5 Å². The molecule has 0 aromatic heterocycles. The molecule has 1 aliphatic carbocycles. The summed E-state index contributed by atoms with van der Waals surface area (Å²) >= 11 is 0. The van der Waals surface area contributed by atoms with Crippen LogP contribution in [0.5, 0.6) is 0 Å². The van der Waals surface area contributed by atoms with Gasteiger partial charge in [-0.25, -0.2) is 0 Å². The van der Waals surface area contributed by atoms with Gasteiger partial charge in [0.1, 0.15) is 0 Å². The van der Waals surface area contributed by atoms with E-state index in [0.29, 0.717) is 44.1 Å². The predicted octanol–water partition coefficient (Wildman–Crippen LogP) is 3.97. The molecule has 0 atom stereocenters. The fourth-order valence-electron chi connectivity index (χ4n) is 3.86. The van der Waals surface area contributed by atoms with E-state index in [1.165, 1.54) is 37.1 Å². The molecule has 28 heavy (non-hydrogen) atoms. The number of carbonyl (C=O) groups excluding carboxylic acids is 2. The maximum Gasteiger partial charge on any atom is 0.416 e. The molecule has 4 nitrogen and oxygen atoms in total. The minimum absolute atomic E-state index is 0.165. The van der Waals surface area contributed by atoms with Gasteiger partial charge in [0.25, 0.3) is 0 Å². The molecule has 0 radical (unpaired) electrons. The van der Waals surface area contributed by atoms with E-state index in [4.69, 9.17) is 0 Å². The summed E-state index contributed by atoms with van der Waals surface area (Å²) in [6, 6.07) is 4.87. The molecule has 2 aliphatic rings. The quantitative estimate of drug-likeness (QED) is 0.725. The standard InChI is InChI=1S/C21H25F3N2O2/c22-21(23,24)18-7-3-6-17(14-18)8-9-19(27)25-10-12-26(13-11-25)20(28)15-16-4-1-2-5-16/h3,6-9,14,16H,1-2,4-5,10-13,15H2/b9-8+. The van der Waals surface area contributed by atoms with Crippen LogP contribution >= 0.6 is 0 Å². The van der Waals surface area contributed by atoms with Crippen LogP contribution in [0.1, 0.15) is 43.2 Å². The first kappa shape index (κ1) is 20.4. The van der Waals surface area contributed by atoms with Crippen molar-refractivity contribution in [1.29, 1.82) is 0 Å². The number of nitrogens with zero attached hydrogens (tertiary/aromatic N) is 2. The Morgan fingerprint density at radius 1 is 1.04 bits per heavy atom. The Kier molecular flexibility index (Phi) is 6.42. The van der Waals surface area contributed by atoms with Crippen LogP contribution in [-0.2, 0) is 15.8 Å². The van der Waals surface area contributed by atoms with Crippen LogP contribution in [0.25, 0.3) is 6.08 Å². The van der Waals surface area contributed by atoms with Gasteiger partial charge in [-0.2, -0.15) is 13.2 Å². The van der Waals surface area contributed by atoms with E-state index in [2.05, 4.69) is 0 Å². The van der Waals surface area contributed by atoms with E-state index >= 15 is 0 Å². The highest BCUT2D eigenvalue weighted by Crippen LogP contribution is 2.30. The van der Waals surface area contributed by atoms with Crippen molar-refractivity contribution in [3.8, 4) is 0 Å². The van der Waals surface area contributed by atoms with Gasteiger partial charge < -0.3 is 9.80 Å². The Bertz CT molecular complexity index is 731. The minimum Gasteiger partial charge on any atom is -0.339 e. The van der Waals surface area contributed by atoms with Gasteiger partial charge in [-0.3, -0.25) is 9.59 Å². The first-order chi connectivity index (χ1) is 13.3. The maximum absolute atomic E-state index is 12.8. The number of rotatable bonds is 4. The minimum atomic E-state index is -4.41. The molecule has 1 aromatic carbocycles. The fraction of sp³-hybridized carbons (Fsp3) is 0.524. The third kappa shape index (κ3) is 5.36. The topological polar surface area (TPSA) is 40.6 Å². The lowest BCUT2D eigenvalue weighted by Gasteiger charge is -2.34. The normalized spacial score (nSPS) is 18.8. The maximum atomic E-state index is 12.8. The van der Waals surface area contributed by atoms with Crippen LogP contribution in [-0.4, -0.2) is 47.8 Å². The van der Waals surface area contributed by atoms with Crippen molar-refractivity contribution in [2.75, 3.05) is 26.2 Å². The average molecular weight is 394 g/mol. The molecular formula is C21H25F3N2O2. The average Bonchev–Trinajstić information content (AvgIpc) is 3.19. The monoisotopic (exact) mass is 394 g/mol. The number of hydrogen-bond acceptors (Lipinski definition) is 2. The van der Waals surface area contributed by atoms with Gasteiger partial charge in [-0.15, -0.1) is 0 Å². The summed E-state index contributed by atoms with van der Waals surface area (Å²) in [5.74, 6) is 0.418. The molecule has 152 valence electrons. The number of piperazine rings is 1. The number of carbonyl (C=O) groups is 2. The first-order valence-corrected chi connectivity index (χ1v) is 9.75. The smallest absolute Gasteiger partial charge is 0.339 e. The second kappa shape index (κ2) is 8.80. The molecule has 7 heteroatoms.